The van der Waals surface area contributed by atoms with Crippen molar-refractivity contribution in [3.8, 4) is 0 Å². The minimum Gasteiger partial charge on any atom is -0.388 e. The minimum atomic E-state index is -0.991. The van der Waals surface area contributed by atoms with Crippen LogP contribution in [0.1, 0.15) is 13.8 Å². The topological polar surface area (TPSA) is 58.9 Å². The summed E-state index contributed by atoms with van der Waals surface area (Å²) in [6.45, 7) is 3.93. The Morgan fingerprint density at radius 1 is 1.42 bits per heavy atom. The van der Waals surface area contributed by atoms with E-state index in [1.807, 2.05) is 0 Å². The highest BCUT2D eigenvalue weighted by molar-refractivity contribution is 5.11. The summed E-state index contributed by atoms with van der Waals surface area (Å²) in [5, 5.41) is 19.3. The Morgan fingerprint density at radius 2 is 2.08 bits per heavy atom. The Bertz CT molecular complexity index is 203. The maximum atomic E-state index is 9.88. The van der Waals surface area contributed by atoms with Gasteiger partial charge >= 0.3 is 0 Å². The molecule has 70 valence electrons. The number of hydrogen-bond donors (Lipinski definition) is 2. The van der Waals surface area contributed by atoms with Crippen molar-refractivity contribution in [1.29, 1.82) is 0 Å². The van der Waals surface area contributed by atoms with E-state index in [2.05, 4.69) is 0 Å². The molecule has 2 aliphatic rings. The fraction of sp³-hybridized carbons (Fsp3) is 1.00. The molecular formula is C8H14O4. The van der Waals surface area contributed by atoms with E-state index in [0.717, 1.165) is 0 Å². The summed E-state index contributed by atoms with van der Waals surface area (Å²) < 4.78 is 10.6. The summed E-state index contributed by atoms with van der Waals surface area (Å²) in [4.78, 5) is 0. The second-order valence-electron chi connectivity index (χ2n) is 3.99. The molecule has 2 rings (SSSR count). The van der Waals surface area contributed by atoms with Gasteiger partial charge in [-0.3, -0.25) is 0 Å². The molecule has 1 unspecified atom stereocenters. The highest BCUT2D eigenvalue weighted by Gasteiger charge is 2.62. The molecule has 2 fully saturated rings. The number of fused-ring (bicyclic) bond motifs is 1. The van der Waals surface area contributed by atoms with E-state index in [0.29, 0.717) is 0 Å². The lowest BCUT2D eigenvalue weighted by atomic mass is 9.84. The molecule has 4 heteroatoms. The molecule has 2 heterocycles. The van der Waals surface area contributed by atoms with Gasteiger partial charge in [0.05, 0.1) is 13.2 Å². The van der Waals surface area contributed by atoms with Crippen LogP contribution < -0.4 is 0 Å². The molecule has 0 aromatic rings. The molecule has 0 radical (unpaired) electrons. The van der Waals surface area contributed by atoms with Crippen molar-refractivity contribution in [2.45, 2.75) is 37.3 Å². The van der Waals surface area contributed by atoms with Gasteiger partial charge in [-0.25, -0.2) is 0 Å². The molecule has 0 aliphatic carbocycles. The Labute approximate surface area is 71.1 Å². The van der Waals surface area contributed by atoms with Crippen molar-refractivity contribution < 1.29 is 19.7 Å². The molecule has 2 saturated heterocycles. The van der Waals surface area contributed by atoms with E-state index in [4.69, 9.17) is 9.47 Å². The lowest BCUT2D eigenvalue weighted by Gasteiger charge is -2.32. The van der Waals surface area contributed by atoms with Gasteiger partial charge in [0.1, 0.15) is 23.4 Å². The van der Waals surface area contributed by atoms with Crippen LogP contribution in [0.15, 0.2) is 0 Å². The van der Waals surface area contributed by atoms with Gasteiger partial charge in [0.25, 0.3) is 0 Å². The zero-order chi connectivity index (χ0) is 8.98. The highest BCUT2D eigenvalue weighted by atomic mass is 16.6. The third kappa shape index (κ3) is 0.808. The Hall–Kier alpha value is -0.160. The average molecular weight is 174 g/mol. The van der Waals surface area contributed by atoms with Crippen molar-refractivity contribution >= 4 is 0 Å². The normalized spacial score (nSPS) is 59.0. The molecule has 0 amide bonds. The maximum Gasteiger partial charge on any atom is 0.125 e. The maximum absolute atomic E-state index is 9.88. The summed E-state index contributed by atoms with van der Waals surface area (Å²) in [5.41, 5.74) is -1.73. The molecule has 0 spiro atoms. The highest BCUT2D eigenvalue weighted by Crippen LogP contribution is 2.43. The van der Waals surface area contributed by atoms with Crippen LogP contribution in [0.3, 0.4) is 0 Å². The van der Waals surface area contributed by atoms with Crippen LogP contribution in [-0.2, 0) is 9.47 Å². The Morgan fingerprint density at radius 3 is 2.67 bits per heavy atom. The van der Waals surface area contributed by atoms with Crippen LogP contribution in [0.2, 0.25) is 0 Å². The van der Waals surface area contributed by atoms with E-state index in [9.17, 15) is 10.2 Å². The fourth-order valence-electron chi connectivity index (χ4n) is 1.92. The van der Waals surface area contributed by atoms with Gasteiger partial charge in [0.2, 0.25) is 0 Å². The largest absolute Gasteiger partial charge is 0.388 e. The second kappa shape index (κ2) is 2.20. The van der Waals surface area contributed by atoms with Crippen molar-refractivity contribution in [3.05, 3.63) is 0 Å². The van der Waals surface area contributed by atoms with E-state index in [1.54, 1.807) is 13.8 Å². The van der Waals surface area contributed by atoms with Gasteiger partial charge < -0.3 is 19.7 Å². The number of aliphatic hydroxyl groups is 2. The first-order chi connectivity index (χ1) is 5.47. The molecule has 0 aromatic heterocycles. The van der Waals surface area contributed by atoms with E-state index >= 15 is 0 Å². The van der Waals surface area contributed by atoms with Crippen molar-refractivity contribution in [3.63, 3.8) is 0 Å². The van der Waals surface area contributed by atoms with Gasteiger partial charge in [-0.15, -0.1) is 0 Å². The molecule has 0 bridgehead atoms. The number of ether oxygens (including phenoxy) is 2. The molecular weight excluding hydrogens is 160 g/mol. The first-order valence-electron chi connectivity index (χ1n) is 4.13. The minimum absolute atomic E-state index is 0.227. The predicted octanol–water partition coefficient (Wildman–Crippen LogP) is -0.714. The van der Waals surface area contributed by atoms with E-state index in [-0.39, 0.29) is 19.3 Å². The zero-order valence-corrected chi connectivity index (χ0v) is 7.28. The molecule has 0 aromatic carbocycles. The number of aliphatic hydroxyl groups excluding tert-OH is 1. The Balaban J connectivity index is 2.31. The standard InChI is InChI=1S/C8H14O4/c1-7(10)4-11-6-5(9)3-12-8(6,7)2/h5-6,9-10H,3-4H2,1-2H3/t5-,6-,7+,8?/m1/s1. The van der Waals surface area contributed by atoms with Gasteiger partial charge in [0, 0.05) is 0 Å². The quantitative estimate of drug-likeness (QED) is 0.509. The van der Waals surface area contributed by atoms with Crippen LogP contribution in [0.5, 0.6) is 0 Å². The molecule has 12 heavy (non-hydrogen) atoms. The molecule has 4 nitrogen and oxygen atoms in total. The summed E-state index contributed by atoms with van der Waals surface area (Å²) in [7, 11) is 0. The predicted molar refractivity (Wildman–Crippen MR) is 40.7 cm³/mol. The van der Waals surface area contributed by atoms with Crippen molar-refractivity contribution in [2.24, 2.45) is 0 Å². The van der Waals surface area contributed by atoms with Crippen LogP contribution in [-0.4, -0.2) is 46.8 Å². The van der Waals surface area contributed by atoms with Crippen molar-refractivity contribution in [1.82, 2.24) is 0 Å². The lowest BCUT2D eigenvalue weighted by Crippen LogP contribution is -2.52. The van der Waals surface area contributed by atoms with Crippen molar-refractivity contribution in [2.75, 3.05) is 13.2 Å². The van der Waals surface area contributed by atoms with Gasteiger partial charge in [-0.2, -0.15) is 0 Å². The van der Waals surface area contributed by atoms with Gasteiger partial charge in [0.15, 0.2) is 0 Å². The third-order valence-electron chi connectivity index (χ3n) is 3.06. The Kier molecular flexibility index (Phi) is 1.55. The molecule has 0 saturated carbocycles. The van der Waals surface area contributed by atoms with Crippen LogP contribution in [0, 0.1) is 0 Å². The molecule has 4 atom stereocenters. The fourth-order valence-corrected chi connectivity index (χ4v) is 1.92. The summed E-state index contributed by atoms with van der Waals surface area (Å²) in [5.74, 6) is 0. The van der Waals surface area contributed by atoms with Crippen LogP contribution >= 0.6 is 0 Å². The smallest absolute Gasteiger partial charge is 0.125 e. The second-order valence-corrected chi connectivity index (χ2v) is 3.99. The first-order valence-corrected chi connectivity index (χ1v) is 4.13. The zero-order valence-electron chi connectivity index (χ0n) is 7.28. The molecule has 2 N–H and O–H groups in total. The summed E-state index contributed by atoms with van der Waals surface area (Å²) >= 11 is 0. The lowest BCUT2D eigenvalue weighted by molar-refractivity contribution is -0.118. The third-order valence-corrected chi connectivity index (χ3v) is 3.06. The van der Waals surface area contributed by atoms with E-state index < -0.39 is 17.3 Å². The number of hydrogen-bond acceptors (Lipinski definition) is 4. The monoisotopic (exact) mass is 174 g/mol. The summed E-state index contributed by atoms with van der Waals surface area (Å²) in [6.07, 6.45) is -0.989. The van der Waals surface area contributed by atoms with Crippen LogP contribution in [0.4, 0.5) is 0 Å². The van der Waals surface area contributed by atoms with Gasteiger partial charge in [-0.1, -0.05) is 0 Å². The average Bonchev–Trinajstić information content (AvgIpc) is 2.37. The van der Waals surface area contributed by atoms with Crippen LogP contribution in [0.25, 0.3) is 0 Å². The van der Waals surface area contributed by atoms with Gasteiger partial charge in [-0.05, 0) is 13.8 Å². The molecule has 2 aliphatic heterocycles. The first kappa shape index (κ1) is 8.44. The van der Waals surface area contributed by atoms with E-state index in [1.165, 1.54) is 0 Å². The number of rotatable bonds is 0. The SMILES string of the molecule is CC12OC[C@@H](O)[C@H]1OC[C@]2(C)O. The summed E-state index contributed by atoms with van der Waals surface area (Å²) in [6, 6.07) is 0.